The van der Waals surface area contributed by atoms with E-state index in [1.807, 2.05) is 11.3 Å². The first-order valence-corrected chi connectivity index (χ1v) is 5.88. The van der Waals surface area contributed by atoms with Crippen LogP contribution in [0.2, 0.25) is 0 Å². The summed E-state index contributed by atoms with van der Waals surface area (Å²) in [6, 6.07) is 0. The monoisotopic (exact) mass is 194 g/mol. The molecule has 1 heterocycles. The van der Waals surface area contributed by atoms with Gasteiger partial charge < -0.3 is 5.73 Å². The van der Waals surface area contributed by atoms with Gasteiger partial charge in [-0.15, -0.1) is 11.3 Å². The van der Waals surface area contributed by atoms with Crippen molar-refractivity contribution in [1.29, 1.82) is 0 Å². The molecule has 0 radical (unpaired) electrons. The Morgan fingerprint density at radius 3 is 2.85 bits per heavy atom. The van der Waals surface area contributed by atoms with Gasteiger partial charge in [0, 0.05) is 23.3 Å². The number of aromatic nitrogens is 1. The third kappa shape index (κ3) is 1.22. The normalized spacial score (nSPS) is 24.7. The lowest BCUT2D eigenvalue weighted by Gasteiger charge is -2.06. The number of nitrogens with zero attached hydrogens (tertiary/aromatic N) is 1. The van der Waals surface area contributed by atoms with E-state index in [0.29, 0.717) is 5.41 Å². The Bertz CT molecular complexity index is 323. The zero-order chi connectivity index (χ0) is 8.89. The van der Waals surface area contributed by atoms with Crippen LogP contribution >= 0.6 is 11.3 Å². The van der Waals surface area contributed by atoms with E-state index < -0.39 is 0 Å². The second-order valence-electron chi connectivity index (χ2n) is 4.33. The molecular formula is C10H14N2S. The summed E-state index contributed by atoms with van der Waals surface area (Å²) in [6.07, 6.45) is 5.19. The van der Waals surface area contributed by atoms with Gasteiger partial charge in [0.05, 0.1) is 10.7 Å². The van der Waals surface area contributed by atoms with Crippen molar-refractivity contribution >= 4 is 11.3 Å². The standard InChI is InChI=1S/C10H14N2S/c11-6-10(3-4-10)8-5-13-9(12-8)7-1-2-7/h5,7H,1-4,6,11H2. The number of hydrogen-bond donors (Lipinski definition) is 1. The largest absolute Gasteiger partial charge is 0.330 e. The third-order valence-corrected chi connectivity index (χ3v) is 4.24. The third-order valence-electron chi connectivity index (χ3n) is 3.24. The predicted molar refractivity (Wildman–Crippen MR) is 54.1 cm³/mol. The van der Waals surface area contributed by atoms with Gasteiger partial charge in [-0.05, 0) is 25.7 Å². The zero-order valence-corrected chi connectivity index (χ0v) is 8.44. The molecule has 0 unspecified atom stereocenters. The topological polar surface area (TPSA) is 38.9 Å². The Morgan fingerprint density at radius 2 is 2.31 bits per heavy atom. The van der Waals surface area contributed by atoms with Crippen molar-refractivity contribution in [2.75, 3.05) is 6.54 Å². The van der Waals surface area contributed by atoms with E-state index >= 15 is 0 Å². The van der Waals surface area contributed by atoms with E-state index in [1.165, 1.54) is 36.4 Å². The minimum atomic E-state index is 0.295. The van der Waals surface area contributed by atoms with E-state index in [1.54, 1.807) is 0 Å². The molecule has 1 aromatic rings. The average Bonchev–Trinajstić information content (AvgIpc) is 3.07. The molecule has 0 atom stereocenters. The Balaban J connectivity index is 1.88. The highest BCUT2D eigenvalue weighted by atomic mass is 32.1. The number of thiazole rings is 1. The summed E-state index contributed by atoms with van der Waals surface area (Å²) in [7, 11) is 0. The van der Waals surface area contributed by atoms with E-state index in [2.05, 4.69) is 5.38 Å². The minimum Gasteiger partial charge on any atom is -0.330 e. The number of nitrogens with two attached hydrogens (primary N) is 1. The highest BCUT2D eigenvalue weighted by molar-refractivity contribution is 7.09. The van der Waals surface area contributed by atoms with Crippen molar-refractivity contribution in [2.24, 2.45) is 5.73 Å². The van der Waals surface area contributed by atoms with Gasteiger partial charge in [0.25, 0.3) is 0 Å². The maximum atomic E-state index is 5.77. The maximum Gasteiger partial charge on any atom is 0.0959 e. The lowest BCUT2D eigenvalue weighted by molar-refractivity contribution is 0.680. The Morgan fingerprint density at radius 1 is 1.54 bits per heavy atom. The summed E-state index contributed by atoms with van der Waals surface area (Å²) in [6.45, 7) is 0.779. The molecule has 0 spiro atoms. The second-order valence-corrected chi connectivity index (χ2v) is 5.22. The lowest BCUT2D eigenvalue weighted by Crippen LogP contribution is -2.19. The molecule has 0 aliphatic heterocycles. The van der Waals surface area contributed by atoms with Gasteiger partial charge in [-0.3, -0.25) is 0 Å². The van der Waals surface area contributed by atoms with E-state index in [9.17, 15) is 0 Å². The van der Waals surface area contributed by atoms with Crippen molar-refractivity contribution in [1.82, 2.24) is 4.98 Å². The van der Waals surface area contributed by atoms with Crippen LogP contribution < -0.4 is 5.73 Å². The summed E-state index contributed by atoms with van der Waals surface area (Å²) in [5.41, 5.74) is 7.34. The van der Waals surface area contributed by atoms with Crippen LogP contribution in [-0.2, 0) is 5.41 Å². The molecule has 70 valence electrons. The average molecular weight is 194 g/mol. The van der Waals surface area contributed by atoms with Crippen LogP contribution in [-0.4, -0.2) is 11.5 Å². The summed E-state index contributed by atoms with van der Waals surface area (Å²) in [5, 5.41) is 3.59. The maximum absolute atomic E-state index is 5.77. The molecule has 0 saturated heterocycles. The van der Waals surface area contributed by atoms with Gasteiger partial charge in [-0.25, -0.2) is 4.98 Å². The molecule has 1 aromatic heterocycles. The van der Waals surface area contributed by atoms with Crippen LogP contribution in [0.1, 0.15) is 42.3 Å². The van der Waals surface area contributed by atoms with Crippen LogP contribution in [0.15, 0.2) is 5.38 Å². The number of rotatable bonds is 3. The van der Waals surface area contributed by atoms with Gasteiger partial charge in [0.15, 0.2) is 0 Å². The molecule has 2 aliphatic carbocycles. The summed E-state index contributed by atoms with van der Waals surface area (Å²) < 4.78 is 0. The first-order chi connectivity index (χ1) is 6.34. The van der Waals surface area contributed by atoms with Crippen molar-refractivity contribution in [3.8, 4) is 0 Å². The van der Waals surface area contributed by atoms with Crippen molar-refractivity contribution in [3.05, 3.63) is 16.1 Å². The zero-order valence-electron chi connectivity index (χ0n) is 7.62. The van der Waals surface area contributed by atoms with Crippen LogP contribution in [0.3, 0.4) is 0 Å². The first-order valence-electron chi connectivity index (χ1n) is 5.00. The van der Waals surface area contributed by atoms with Crippen LogP contribution in [0.25, 0.3) is 0 Å². The molecule has 2 aliphatic rings. The number of hydrogen-bond acceptors (Lipinski definition) is 3. The Hall–Kier alpha value is -0.410. The van der Waals surface area contributed by atoms with Gasteiger partial charge >= 0.3 is 0 Å². The minimum absolute atomic E-state index is 0.295. The molecule has 0 amide bonds. The molecule has 3 rings (SSSR count). The smallest absolute Gasteiger partial charge is 0.0959 e. The van der Waals surface area contributed by atoms with Crippen molar-refractivity contribution in [3.63, 3.8) is 0 Å². The van der Waals surface area contributed by atoms with Crippen molar-refractivity contribution < 1.29 is 0 Å². The van der Waals surface area contributed by atoms with E-state index in [4.69, 9.17) is 10.7 Å². The molecule has 3 heteroatoms. The highest BCUT2D eigenvalue weighted by Crippen LogP contribution is 2.49. The first kappa shape index (κ1) is 7.94. The SMILES string of the molecule is NCC1(c2csc(C3CC3)n2)CC1. The van der Waals surface area contributed by atoms with Crippen LogP contribution in [0.4, 0.5) is 0 Å². The fourth-order valence-corrected chi connectivity index (χ4v) is 2.88. The highest BCUT2D eigenvalue weighted by Gasteiger charge is 2.45. The Labute approximate surface area is 82.2 Å². The molecule has 2 fully saturated rings. The molecule has 13 heavy (non-hydrogen) atoms. The summed E-state index contributed by atoms with van der Waals surface area (Å²) >= 11 is 1.84. The molecule has 2 saturated carbocycles. The lowest BCUT2D eigenvalue weighted by atomic mass is 10.0. The molecule has 0 aromatic carbocycles. The molecule has 0 bridgehead atoms. The van der Waals surface area contributed by atoms with Gasteiger partial charge in [0.1, 0.15) is 0 Å². The van der Waals surface area contributed by atoms with Crippen molar-refractivity contribution in [2.45, 2.75) is 37.0 Å². The second kappa shape index (κ2) is 2.55. The van der Waals surface area contributed by atoms with Crippen LogP contribution in [0.5, 0.6) is 0 Å². The molecule has 2 N–H and O–H groups in total. The van der Waals surface area contributed by atoms with E-state index in [0.717, 1.165) is 12.5 Å². The molecular weight excluding hydrogens is 180 g/mol. The summed E-state index contributed by atoms with van der Waals surface area (Å²) in [5.74, 6) is 0.798. The fraction of sp³-hybridized carbons (Fsp3) is 0.700. The van der Waals surface area contributed by atoms with Gasteiger partial charge in [0.2, 0.25) is 0 Å². The Kier molecular flexibility index (Phi) is 1.56. The molecule has 2 nitrogen and oxygen atoms in total. The van der Waals surface area contributed by atoms with Gasteiger partial charge in [-0.1, -0.05) is 0 Å². The quantitative estimate of drug-likeness (QED) is 0.799. The predicted octanol–water partition coefficient (Wildman–Crippen LogP) is 2.01. The van der Waals surface area contributed by atoms with Gasteiger partial charge in [-0.2, -0.15) is 0 Å². The summed E-state index contributed by atoms with van der Waals surface area (Å²) in [4.78, 5) is 4.72. The fourth-order valence-electron chi connectivity index (χ4n) is 1.76. The van der Waals surface area contributed by atoms with Crippen LogP contribution in [0, 0.1) is 0 Å². The van der Waals surface area contributed by atoms with E-state index in [-0.39, 0.29) is 0 Å².